The van der Waals surface area contributed by atoms with Gasteiger partial charge in [0.05, 0.1) is 11.1 Å². The topological polar surface area (TPSA) is 41.4 Å². The van der Waals surface area contributed by atoms with E-state index >= 15 is 0 Å². The summed E-state index contributed by atoms with van der Waals surface area (Å²) in [7, 11) is 0. The first-order chi connectivity index (χ1) is 14.7. The van der Waals surface area contributed by atoms with E-state index in [4.69, 9.17) is 4.98 Å². The normalized spacial score (nSPS) is 16.9. The van der Waals surface area contributed by atoms with Crippen LogP contribution in [0.25, 0.3) is 10.2 Å². The summed E-state index contributed by atoms with van der Waals surface area (Å²) in [4.78, 5) is 25.0. The van der Waals surface area contributed by atoms with E-state index in [-0.39, 0.29) is 11.4 Å². The number of anilines is 2. The molecule has 0 atom stereocenters. The average molecular weight is 427 g/mol. The van der Waals surface area contributed by atoms with Crippen LogP contribution >= 0.6 is 11.3 Å². The van der Waals surface area contributed by atoms with Gasteiger partial charge < -0.3 is 9.80 Å². The van der Waals surface area contributed by atoms with Crippen LogP contribution in [0.1, 0.15) is 36.6 Å². The second-order valence-electron chi connectivity index (χ2n) is 8.19. The Morgan fingerprint density at radius 1 is 1.07 bits per heavy atom. The van der Waals surface area contributed by atoms with Gasteiger partial charge in [-0.2, -0.15) is 0 Å². The molecule has 1 saturated heterocycles. The summed E-state index contributed by atoms with van der Waals surface area (Å²) in [5, 5.41) is 0.858. The van der Waals surface area contributed by atoms with E-state index in [1.807, 2.05) is 16.7 Å². The first kappa shape index (κ1) is 19.5. The summed E-state index contributed by atoms with van der Waals surface area (Å²) in [6.07, 6.45) is 5.32. The Labute approximate surface area is 179 Å². The fourth-order valence-electron chi connectivity index (χ4n) is 4.75. The fraction of sp³-hybridized carbons (Fsp3) is 0.478. The molecule has 2 aromatic heterocycles. The number of aromatic nitrogens is 2. The number of para-hydroxylation sites is 1. The van der Waals surface area contributed by atoms with Gasteiger partial charge in [-0.05, 0) is 49.8 Å². The third-order valence-electron chi connectivity index (χ3n) is 6.26. The number of benzene rings is 1. The van der Waals surface area contributed by atoms with Crippen LogP contribution in [-0.4, -0.2) is 35.7 Å². The molecule has 1 aliphatic heterocycles. The summed E-state index contributed by atoms with van der Waals surface area (Å²) in [5.74, 6) is 0.596. The lowest BCUT2D eigenvalue weighted by Crippen LogP contribution is -2.48. The molecule has 0 spiro atoms. The average Bonchev–Trinajstić information content (AvgIpc) is 3.15. The predicted molar refractivity (Wildman–Crippen MR) is 122 cm³/mol. The van der Waals surface area contributed by atoms with Gasteiger partial charge in [0.1, 0.15) is 10.6 Å². The van der Waals surface area contributed by atoms with Crippen LogP contribution in [0.5, 0.6) is 0 Å². The maximum atomic E-state index is 14.2. The van der Waals surface area contributed by atoms with Crippen LogP contribution in [0.4, 0.5) is 16.0 Å². The number of rotatable bonds is 4. The molecule has 5 rings (SSSR count). The molecule has 0 radical (unpaired) electrons. The number of hydrogen-bond donors (Lipinski definition) is 0. The van der Waals surface area contributed by atoms with E-state index in [9.17, 15) is 9.18 Å². The molecule has 2 aliphatic rings. The number of thiophene rings is 1. The van der Waals surface area contributed by atoms with Gasteiger partial charge in [0.15, 0.2) is 0 Å². The Kier molecular flexibility index (Phi) is 5.23. The van der Waals surface area contributed by atoms with Crippen molar-refractivity contribution in [3.63, 3.8) is 0 Å². The van der Waals surface area contributed by atoms with Crippen LogP contribution in [0, 0.1) is 5.82 Å². The smallest absolute Gasteiger partial charge is 0.263 e. The highest BCUT2D eigenvalue weighted by Crippen LogP contribution is 2.35. The third-order valence-corrected chi connectivity index (χ3v) is 7.44. The van der Waals surface area contributed by atoms with Gasteiger partial charge in [-0.15, -0.1) is 11.3 Å². The van der Waals surface area contributed by atoms with Crippen LogP contribution in [0.3, 0.4) is 0 Å². The lowest BCUT2D eigenvalue weighted by molar-refractivity contribution is 0.573. The number of hydrogen-bond acceptors (Lipinski definition) is 5. The first-order valence-electron chi connectivity index (χ1n) is 11.0. The highest BCUT2D eigenvalue weighted by atomic mass is 32.1. The summed E-state index contributed by atoms with van der Waals surface area (Å²) in [5.41, 5.74) is 2.02. The van der Waals surface area contributed by atoms with Gasteiger partial charge in [-0.25, -0.2) is 9.37 Å². The zero-order valence-electron chi connectivity index (χ0n) is 17.4. The fourth-order valence-corrected chi connectivity index (χ4v) is 6.00. The molecule has 3 heterocycles. The first-order valence-corrected chi connectivity index (χ1v) is 11.8. The second kappa shape index (κ2) is 8.02. The maximum absolute atomic E-state index is 14.2. The molecule has 3 aromatic rings. The minimum absolute atomic E-state index is 0.118. The zero-order valence-corrected chi connectivity index (χ0v) is 18.2. The van der Waals surface area contributed by atoms with E-state index in [1.54, 1.807) is 17.4 Å². The van der Waals surface area contributed by atoms with Crippen LogP contribution < -0.4 is 15.4 Å². The Balaban J connectivity index is 1.49. The molecule has 0 unspecified atom stereocenters. The van der Waals surface area contributed by atoms with Crippen molar-refractivity contribution >= 4 is 33.2 Å². The molecule has 1 fully saturated rings. The molecule has 0 saturated carbocycles. The molecule has 7 heteroatoms. The van der Waals surface area contributed by atoms with Crippen molar-refractivity contribution < 1.29 is 4.39 Å². The highest BCUT2D eigenvalue weighted by molar-refractivity contribution is 7.18. The van der Waals surface area contributed by atoms with E-state index in [0.717, 1.165) is 54.9 Å². The van der Waals surface area contributed by atoms with Crippen molar-refractivity contribution in [2.45, 2.75) is 45.6 Å². The number of halogens is 1. The van der Waals surface area contributed by atoms with Gasteiger partial charge in [0.25, 0.3) is 5.56 Å². The van der Waals surface area contributed by atoms with Gasteiger partial charge in [0, 0.05) is 37.6 Å². The monoisotopic (exact) mass is 426 g/mol. The van der Waals surface area contributed by atoms with Crippen LogP contribution in [0.2, 0.25) is 0 Å². The van der Waals surface area contributed by atoms with E-state index in [0.29, 0.717) is 25.3 Å². The molecule has 1 aliphatic carbocycles. The van der Waals surface area contributed by atoms with Gasteiger partial charge >= 0.3 is 0 Å². The second-order valence-corrected chi connectivity index (χ2v) is 9.27. The zero-order chi connectivity index (χ0) is 20.7. The quantitative estimate of drug-likeness (QED) is 0.627. The van der Waals surface area contributed by atoms with Crippen LogP contribution in [0.15, 0.2) is 29.1 Å². The van der Waals surface area contributed by atoms with Gasteiger partial charge in [-0.3, -0.25) is 9.36 Å². The third kappa shape index (κ3) is 3.29. The molecule has 158 valence electrons. The number of nitrogens with zero attached hydrogens (tertiary/aromatic N) is 4. The van der Waals surface area contributed by atoms with E-state index in [1.165, 1.54) is 22.9 Å². The minimum atomic E-state index is -0.183. The number of fused-ring (bicyclic) bond motifs is 3. The lowest BCUT2D eigenvalue weighted by atomic mass is 9.97. The molecule has 30 heavy (non-hydrogen) atoms. The van der Waals surface area contributed by atoms with E-state index in [2.05, 4.69) is 16.7 Å². The van der Waals surface area contributed by atoms with Crippen molar-refractivity contribution in [1.82, 2.24) is 9.55 Å². The van der Waals surface area contributed by atoms with Crippen molar-refractivity contribution in [1.29, 1.82) is 0 Å². The standard InChI is InChI=1S/C23H27FN4OS/c1-2-11-28-22(29)20-16-7-3-6-10-19(16)30-21(20)25-23(28)27-14-12-26(13-15-27)18-9-5-4-8-17(18)24/h4-5,8-9H,2-3,6-7,10-15H2,1H3. The molecular formula is C23H27FN4OS. The highest BCUT2D eigenvalue weighted by Gasteiger charge is 2.26. The Morgan fingerprint density at radius 3 is 2.57 bits per heavy atom. The molecule has 0 N–H and O–H groups in total. The number of aryl methyl sites for hydroxylation is 2. The van der Waals surface area contributed by atoms with Crippen molar-refractivity contribution in [3.05, 3.63) is 50.9 Å². The number of piperazine rings is 1. The van der Waals surface area contributed by atoms with Gasteiger partial charge in [0.2, 0.25) is 5.95 Å². The van der Waals surface area contributed by atoms with Crippen molar-refractivity contribution in [2.75, 3.05) is 36.0 Å². The summed E-state index contributed by atoms with van der Waals surface area (Å²) in [6.45, 7) is 5.64. The van der Waals surface area contributed by atoms with Crippen molar-refractivity contribution in [3.8, 4) is 0 Å². The summed E-state index contributed by atoms with van der Waals surface area (Å²) < 4.78 is 16.1. The van der Waals surface area contributed by atoms with Crippen molar-refractivity contribution in [2.24, 2.45) is 0 Å². The van der Waals surface area contributed by atoms with E-state index < -0.39 is 0 Å². The SMILES string of the molecule is CCCn1c(N2CCN(c3ccccc3F)CC2)nc2sc3c(c2c1=O)CCCC3. The Bertz CT molecular complexity index is 1130. The maximum Gasteiger partial charge on any atom is 0.263 e. The Morgan fingerprint density at radius 2 is 1.80 bits per heavy atom. The largest absolute Gasteiger partial charge is 0.366 e. The molecule has 0 amide bonds. The summed E-state index contributed by atoms with van der Waals surface area (Å²) in [6, 6.07) is 6.93. The predicted octanol–water partition coefficient (Wildman–Crippen LogP) is 4.21. The molecule has 1 aromatic carbocycles. The molecule has 5 nitrogen and oxygen atoms in total. The Hall–Kier alpha value is -2.41. The van der Waals surface area contributed by atoms with Gasteiger partial charge in [-0.1, -0.05) is 19.1 Å². The lowest BCUT2D eigenvalue weighted by Gasteiger charge is -2.37. The summed E-state index contributed by atoms with van der Waals surface area (Å²) >= 11 is 1.71. The van der Waals surface area contributed by atoms with Crippen LogP contribution in [-0.2, 0) is 19.4 Å². The molecule has 0 bridgehead atoms. The minimum Gasteiger partial charge on any atom is -0.366 e. The molecular weight excluding hydrogens is 399 g/mol.